The van der Waals surface area contributed by atoms with E-state index in [0.717, 1.165) is 0 Å². The minimum Gasteiger partial charge on any atom is -0.391 e. The zero-order valence-corrected chi connectivity index (χ0v) is 10.3. The highest BCUT2D eigenvalue weighted by Gasteiger charge is 2.19. The number of aliphatic hydroxyl groups excluding tert-OH is 1. The Kier molecular flexibility index (Phi) is 3.57. The Morgan fingerprint density at radius 1 is 1.47 bits per heavy atom. The van der Waals surface area contributed by atoms with Gasteiger partial charge in [0.2, 0.25) is 10.0 Å². The maximum absolute atomic E-state index is 11.9. The normalized spacial score (nSPS) is 11.8. The van der Waals surface area contributed by atoms with Gasteiger partial charge in [0.25, 0.3) is 0 Å². The second kappa shape index (κ2) is 4.96. The number of sulfonamides is 1. The van der Waals surface area contributed by atoms with Crippen LogP contribution in [0.15, 0.2) is 33.2 Å². The summed E-state index contributed by atoms with van der Waals surface area (Å²) >= 11 is 1.20. The third-order valence-corrected chi connectivity index (χ3v) is 4.59. The van der Waals surface area contributed by atoms with Crippen molar-refractivity contribution in [3.05, 3.63) is 34.3 Å². The summed E-state index contributed by atoms with van der Waals surface area (Å²) in [6, 6.07) is 3.03. The number of nitrogens with zero attached hydrogens (tertiary/aromatic N) is 1. The molecule has 2 N–H and O–H groups in total. The first-order valence-electron chi connectivity index (χ1n) is 4.69. The number of nitrogens with one attached hydrogen (secondary N) is 1. The summed E-state index contributed by atoms with van der Waals surface area (Å²) in [5.41, 5.74) is 0.495. The van der Waals surface area contributed by atoms with E-state index in [1.54, 1.807) is 11.4 Å². The lowest BCUT2D eigenvalue weighted by atomic mass is 10.5. The van der Waals surface area contributed by atoms with Crippen molar-refractivity contribution in [1.82, 2.24) is 9.88 Å². The van der Waals surface area contributed by atoms with Gasteiger partial charge in [-0.1, -0.05) is 5.16 Å². The molecule has 0 unspecified atom stereocenters. The van der Waals surface area contributed by atoms with Crippen molar-refractivity contribution in [2.45, 2.75) is 18.0 Å². The quantitative estimate of drug-likeness (QED) is 0.837. The molecule has 0 aliphatic heterocycles. The van der Waals surface area contributed by atoms with Crippen LogP contribution < -0.4 is 4.72 Å². The molecule has 0 aromatic carbocycles. The van der Waals surface area contributed by atoms with Crippen LogP contribution in [0.4, 0.5) is 0 Å². The summed E-state index contributed by atoms with van der Waals surface area (Å²) in [7, 11) is -3.62. The van der Waals surface area contributed by atoms with Gasteiger partial charge in [-0.2, -0.15) is 0 Å². The molecular formula is C9H10N2O4S2. The van der Waals surface area contributed by atoms with Crippen LogP contribution in [0.25, 0.3) is 0 Å². The first-order chi connectivity index (χ1) is 8.13. The van der Waals surface area contributed by atoms with E-state index in [4.69, 9.17) is 5.11 Å². The third kappa shape index (κ3) is 2.72. The average molecular weight is 274 g/mol. The average Bonchev–Trinajstić information content (AvgIpc) is 2.97. The highest BCUT2D eigenvalue weighted by Crippen LogP contribution is 2.21. The number of rotatable bonds is 5. The Bertz CT molecular complexity index is 574. The molecular weight excluding hydrogens is 264 g/mol. The van der Waals surface area contributed by atoms with Crippen molar-refractivity contribution < 1.29 is 18.0 Å². The van der Waals surface area contributed by atoms with Crippen LogP contribution in [-0.2, 0) is 23.2 Å². The number of hydrogen-bond donors (Lipinski definition) is 2. The van der Waals surface area contributed by atoms with Gasteiger partial charge in [0, 0.05) is 10.9 Å². The summed E-state index contributed by atoms with van der Waals surface area (Å²) in [5.74, 6) is 0. The summed E-state index contributed by atoms with van der Waals surface area (Å²) in [6.45, 7) is -0.239. The van der Waals surface area contributed by atoms with Crippen molar-refractivity contribution in [3.8, 4) is 0 Å². The van der Waals surface area contributed by atoms with E-state index < -0.39 is 10.0 Å². The zero-order valence-electron chi connectivity index (χ0n) is 8.66. The predicted molar refractivity (Wildman–Crippen MR) is 60.8 cm³/mol. The van der Waals surface area contributed by atoms with E-state index in [9.17, 15) is 8.42 Å². The Morgan fingerprint density at radius 2 is 2.29 bits per heavy atom. The zero-order chi connectivity index (χ0) is 12.3. The van der Waals surface area contributed by atoms with E-state index in [-0.39, 0.29) is 18.0 Å². The second-order valence-corrected chi connectivity index (χ2v) is 5.92. The van der Waals surface area contributed by atoms with E-state index in [1.165, 1.54) is 23.7 Å². The molecule has 0 spiro atoms. The lowest BCUT2D eigenvalue weighted by molar-refractivity contribution is 0.282. The standard InChI is InChI=1S/C9H10N2O4S2/c12-6-8-9(2-4-16-8)17(13,14)10-5-7-1-3-15-11-7/h1-4,10,12H,5-6H2. The monoisotopic (exact) mass is 274 g/mol. The van der Waals surface area contributed by atoms with Gasteiger partial charge in [0.1, 0.15) is 6.26 Å². The van der Waals surface area contributed by atoms with Crippen LogP contribution in [0.5, 0.6) is 0 Å². The minimum atomic E-state index is -3.62. The largest absolute Gasteiger partial charge is 0.391 e. The maximum Gasteiger partial charge on any atom is 0.242 e. The molecule has 0 bridgehead atoms. The molecule has 8 heteroatoms. The Morgan fingerprint density at radius 3 is 2.94 bits per heavy atom. The first-order valence-corrected chi connectivity index (χ1v) is 7.06. The van der Waals surface area contributed by atoms with E-state index >= 15 is 0 Å². The van der Waals surface area contributed by atoms with Crippen LogP contribution in [0.1, 0.15) is 10.6 Å². The van der Waals surface area contributed by atoms with Crippen molar-refractivity contribution in [3.63, 3.8) is 0 Å². The molecule has 0 amide bonds. The Labute approximate surface area is 102 Å². The van der Waals surface area contributed by atoms with E-state index in [2.05, 4.69) is 14.4 Å². The molecule has 0 aliphatic rings. The smallest absolute Gasteiger partial charge is 0.242 e. The topological polar surface area (TPSA) is 92.4 Å². The maximum atomic E-state index is 11.9. The molecule has 17 heavy (non-hydrogen) atoms. The third-order valence-electron chi connectivity index (χ3n) is 2.07. The molecule has 0 saturated carbocycles. The molecule has 0 fully saturated rings. The molecule has 6 nitrogen and oxygen atoms in total. The second-order valence-electron chi connectivity index (χ2n) is 3.18. The van der Waals surface area contributed by atoms with Gasteiger partial charge in [0.05, 0.1) is 23.7 Å². The molecule has 2 aromatic heterocycles. The van der Waals surface area contributed by atoms with Crippen molar-refractivity contribution in [2.75, 3.05) is 0 Å². The molecule has 0 radical (unpaired) electrons. The summed E-state index contributed by atoms with van der Waals surface area (Å²) in [6.07, 6.45) is 1.37. The van der Waals surface area contributed by atoms with Gasteiger partial charge in [-0.05, 0) is 11.4 Å². The van der Waals surface area contributed by atoms with E-state index in [0.29, 0.717) is 10.6 Å². The summed E-state index contributed by atoms with van der Waals surface area (Å²) in [4.78, 5) is 0.520. The molecule has 0 aliphatic carbocycles. The van der Waals surface area contributed by atoms with Gasteiger partial charge in [-0.15, -0.1) is 11.3 Å². The summed E-state index contributed by atoms with van der Waals surface area (Å²) in [5, 5.41) is 14.2. The highest BCUT2D eigenvalue weighted by molar-refractivity contribution is 7.89. The van der Waals surface area contributed by atoms with Gasteiger partial charge in [0.15, 0.2) is 0 Å². The van der Waals surface area contributed by atoms with Crippen molar-refractivity contribution >= 4 is 21.4 Å². The highest BCUT2D eigenvalue weighted by atomic mass is 32.2. The summed E-state index contributed by atoms with van der Waals surface area (Å²) < 4.78 is 30.8. The Balaban J connectivity index is 2.14. The van der Waals surface area contributed by atoms with E-state index in [1.807, 2.05) is 0 Å². The molecule has 2 rings (SSSR count). The number of thiophene rings is 1. The Hall–Kier alpha value is -1.22. The van der Waals surface area contributed by atoms with Crippen molar-refractivity contribution in [1.29, 1.82) is 0 Å². The molecule has 0 atom stereocenters. The lowest BCUT2D eigenvalue weighted by Crippen LogP contribution is -2.23. The molecule has 92 valence electrons. The molecule has 2 aromatic rings. The minimum absolute atomic E-state index is 0.0551. The molecule has 0 saturated heterocycles. The number of aliphatic hydroxyl groups is 1. The van der Waals surface area contributed by atoms with Crippen LogP contribution >= 0.6 is 11.3 Å². The number of aromatic nitrogens is 1. The predicted octanol–water partition coefficient (Wildman–Crippen LogP) is 0.707. The van der Waals surface area contributed by atoms with Crippen LogP contribution in [0.2, 0.25) is 0 Å². The van der Waals surface area contributed by atoms with Gasteiger partial charge in [-0.25, -0.2) is 13.1 Å². The van der Waals surface area contributed by atoms with Crippen LogP contribution in [0, 0.1) is 0 Å². The SMILES string of the molecule is O=S(=O)(NCc1ccon1)c1ccsc1CO. The van der Waals surface area contributed by atoms with Crippen LogP contribution in [-0.4, -0.2) is 18.7 Å². The molecule has 2 heterocycles. The van der Waals surface area contributed by atoms with Crippen LogP contribution in [0.3, 0.4) is 0 Å². The van der Waals surface area contributed by atoms with Gasteiger partial charge < -0.3 is 9.63 Å². The lowest BCUT2D eigenvalue weighted by Gasteiger charge is -2.04. The van der Waals surface area contributed by atoms with Gasteiger partial charge >= 0.3 is 0 Å². The van der Waals surface area contributed by atoms with Crippen molar-refractivity contribution in [2.24, 2.45) is 0 Å². The fourth-order valence-electron chi connectivity index (χ4n) is 1.26. The first kappa shape index (κ1) is 12.2. The fourth-order valence-corrected chi connectivity index (χ4v) is 3.55. The number of hydrogen-bond acceptors (Lipinski definition) is 6. The van der Waals surface area contributed by atoms with Gasteiger partial charge in [-0.3, -0.25) is 0 Å². The fraction of sp³-hybridized carbons (Fsp3) is 0.222.